The van der Waals surface area contributed by atoms with Gasteiger partial charge in [-0.05, 0) is 25.1 Å². The number of carbonyl (C=O) groups excluding carboxylic acids is 1. The van der Waals surface area contributed by atoms with Crippen molar-refractivity contribution in [3.63, 3.8) is 0 Å². The molecule has 1 aromatic carbocycles. The number of aldehydes is 1. The minimum absolute atomic E-state index is 0.108. The SMILES string of the molecule is CN1C(NC(=O)O)=NC(C)(c2cc(C=O)ccc2F)CS1(=O)=O. The van der Waals surface area contributed by atoms with Crippen LogP contribution in [0.2, 0.25) is 0 Å². The average Bonchev–Trinajstić information content (AvgIpc) is 2.43. The minimum atomic E-state index is -3.93. The highest BCUT2D eigenvalue weighted by atomic mass is 32.2. The molecule has 0 fully saturated rings. The van der Waals surface area contributed by atoms with Gasteiger partial charge in [-0.1, -0.05) is 0 Å². The maximum atomic E-state index is 14.1. The molecule has 0 aliphatic carbocycles. The van der Waals surface area contributed by atoms with E-state index in [1.807, 2.05) is 5.32 Å². The van der Waals surface area contributed by atoms with Gasteiger partial charge in [0.2, 0.25) is 16.0 Å². The Bertz CT molecular complexity index is 808. The van der Waals surface area contributed by atoms with E-state index in [1.165, 1.54) is 19.1 Å². The summed E-state index contributed by atoms with van der Waals surface area (Å²) in [5.74, 6) is -1.75. The van der Waals surface area contributed by atoms with Crippen LogP contribution in [-0.2, 0) is 15.6 Å². The van der Waals surface area contributed by atoms with Crippen molar-refractivity contribution in [2.45, 2.75) is 12.5 Å². The molecule has 8 nitrogen and oxygen atoms in total. The molecule has 124 valence electrons. The van der Waals surface area contributed by atoms with Crippen LogP contribution >= 0.6 is 0 Å². The molecule has 0 aromatic heterocycles. The number of nitrogens with one attached hydrogen (secondary N) is 1. The lowest BCUT2D eigenvalue weighted by Gasteiger charge is -2.35. The van der Waals surface area contributed by atoms with Crippen molar-refractivity contribution in [3.05, 3.63) is 35.1 Å². The van der Waals surface area contributed by atoms with Crippen LogP contribution in [-0.4, -0.2) is 49.0 Å². The summed E-state index contributed by atoms with van der Waals surface area (Å²) in [6, 6.07) is 3.49. The molecule has 0 spiro atoms. The first-order valence-corrected chi connectivity index (χ1v) is 8.01. The highest BCUT2D eigenvalue weighted by Gasteiger charge is 2.42. The Morgan fingerprint density at radius 2 is 2.17 bits per heavy atom. The van der Waals surface area contributed by atoms with Gasteiger partial charge in [0.1, 0.15) is 17.6 Å². The third kappa shape index (κ3) is 3.16. The molecule has 1 atom stereocenters. The highest BCUT2D eigenvalue weighted by molar-refractivity contribution is 7.89. The molecule has 1 heterocycles. The summed E-state index contributed by atoms with van der Waals surface area (Å²) in [4.78, 5) is 25.7. The van der Waals surface area contributed by atoms with Gasteiger partial charge >= 0.3 is 6.09 Å². The van der Waals surface area contributed by atoms with Gasteiger partial charge in [0.05, 0.1) is 5.75 Å². The standard InChI is InChI=1S/C13H14FN3O5S/c1-13(9-5-8(6-18)3-4-10(9)14)7-23(21,22)17(2)11(16-13)15-12(19)20/h3-6H,7H2,1-2H3,(H,15,16)(H,19,20). The van der Waals surface area contributed by atoms with Crippen molar-refractivity contribution < 1.29 is 27.5 Å². The van der Waals surface area contributed by atoms with Crippen molar-refractivity contribution in [2.75, 3.05) is 12.8 Å². The molecule has 2 N–H and O–H groups in total. The largest absolute Gasteiger partial charge is 0.465 e. The maximum Gasteiger partial charge on any atom is 0.411 e. The minimum Gasteiger partial charge on any atom is -0.465 e. The smallest absolute Gasteiger partial charge is 0.411 e. The lowest BCUT2D eigenvalue weighted by molar-refractivity contribution is 0.112. The summed E-state index contributed by atoms with van der Waals surface area (Å²) in [5, 5.41) is 10.7. The summed E-state index contributed by atoms with van der Waals surface area (Å²) in [5.41, 5.74) is -1.53. The molecule has 1 aliphatic heterocycles. The quantitative estimate of drug-likeness (QED) is 0.769. The Kier molecular flexibility index (Phi) is 4.12. The third-order valence-electron chi connectivity index (χ3n) is 3.46. The van der Waals surface area contributed by atoms with Gasteiger partial charge in [-0.25, -0.2) is 26.9 Å². The van der Waals surface area contributed by atoms with Gasteiger partial charge in [-0.3, -0.25) is 10.1 Å². The maximum absolute atomic E-state index is 14.1. The Morgan fingerprint density at radius 3 is 2.74 bits per heavy atom. The molecular formula is C13H14FN3O5S. The number of carboxylic acid groups (broad SMARTS) is 1. The van der Waals surface area contributed by atoms with Crippen molar-refractivity contribution in [3.8, 4) is 0 Å². The monoisotopic (exact) mass is 343 g/mol. The Balaban J connectivity index is 2.65. The van der Waals surface area contributed by atoms with Gasteiger partial charge in [-0.2, -0.15) is 0 Å². The first-order valence-electron chi connectivity index (χ1n) is 6.41. The third-order valence-corrected chi connectivity index (χ3v) is 5.39. The average molecular weight is 343 g/mol. The Labute approximate surface area is 131 Å². The summed E-state index contributed by atoms with van der Waals surface area (Å²) in [7, 11) is -2.79. The number of hydrogen-bond donors (Lipinski definition) is 2. The zero-order chi connectivity index (χ0) is 17.4. The van der Waals surface area contributed by atoms with Crippen molar-refractivity contribution >= 4 is 28.4 Å². The van der Waals surface area contributed by atoms with Gasteiger partial charge in [0.15, 0.2) is 0 Å². The second kappa shape index (κ2) is 5.61. The molecule has 2 rings (SSSR count). The van der Waals surface area contributed by atoms with E-state index < -0.39 is 39.2 Å². The van der Waals surface area contributed by atoms with Crippen LogP contribution in [0, 0.1) is 5.82 Å². The number of carbonyl (C=O) groups is 2. The molecule has 0 radical (unpaired) electrons. The van der Waals surface area contributed by atoms with E-state index in [9.17, 15) is 22.4 Å². The first-order chi connectivity index (χ1) is 10.6. The van der Waals surface area contributed by atoms with E-state index >= 15 is 0 Å². The summed E-state index contributed by atoms with van der Waals surface area (Å²) < 4.78 is 39.3. The lowest BCUT2D eigenvalue weighted by atomic mass is 9.92. The fourth-order valence-electron chi connectivity index (χ4n) is 2.29. The van der Waals surface area contributed by atoms with E-state index in [0.717, 1.165) is 13.1 Å². The second-order valence-electron chi connectivity index (χ2n) is 5.22. The van der Waals surface area contributed by atoms with E-state index in [1.54, 1.807) is 0 Å². The summed E-state index contributed by atoms with van der Waals surface area (Å²) in [6.45, 7) is 1.36. The topological polar surface area (TPSA) is 116 Å². The number of rotatable bonds is 2. The van der Waals surface area contributed by atoms with Crippen LogP contribution in [0.3, 0.4) is 0 Å². The number of hydrogen-bond acceptors (Lipinski definition) is 5. The predicted molar refractivity (Wildman–Crippen MR) is 79.3 cm³/mol. The van der Waals surface area contributed by atoms with Crippen LogP contribution in [0.5, 0.6) is 0 Å². The zero-order valence-electron chi connectivity index (χ0n) is 12.3. The fraction of sp³-hybridized carbons (Fsp3) is 0.308. The van der Waals surface area contributed by atoms with Crippen LogP contribution in [0.25, 0.3) is 0 Å². The molecule has 0 saturated carbocycles. The number of aliphatic imine (C=N–C) groups is 1. The lowest BCUT2D eigenvalue weighted by Crippen LogP contribution is -2.53. The zero-order valence-corrected chi connectivity index (χ0v) is 13.1. The summed E-state index contributed by atoms with van der Waals surface area (Å²) in [6.07, 6.45) is -1.01. The number of guanidine groups is 1. The molecule has 23 heavy (non-hydrogen) atoms. The highest BCUT2D eigenvalue weighted by Crippen LogP contribution is 2.33. The molecule has 0 bridgehead atoms. The van der Waals surface area contributed by atoms with Crippen LogP contribution < -0.4 is 5.32 Å². The second-order valence-corrected chi connectivity index (χ2v) is 7.22. The van der Waals surface area contributed by atoms with Crippen molar-refractivity contribution in [1.82, 2.24) is 9.62 Å². The number of benzene rings is 1. The molecule has 1 aliphatic rings. The number of nitrogens with zero attached hydrogens (tertiary/aromatic N) is 2. The van der Waals surface area contributed by atoms with Crippen LogP contribution in [0.1, 0.15) is 22.8 Å². The first kappa shape index (κ1) is 16.9. The Hall–Kier alpha value is -2.49. The van der Waals surface area contributed by atoms with Gasteiger partial charge in [0.25, 0.3) is 0 Å². The van der Waals surface area contributed by atoms with Crippen molar-refractivity contribution in [2.24, 2.45) is 4.99 Å². The number of sulfonamides is 1. The Morgan fingerprint density at radius 1 is 1.52 bits per heavy atom. The molecule has 1 unspecified atom stereocenters. The fourth-order valence-corrected chi connectivity index (χ4v) is 3.76. The van der Waals surface area contributed by atoms with E-state index in [-0.39, 0.29) is 11.1 Å². The molecule has 0 saturated heterocycles. The van der Waals surface area contributed by atoms with Gasteiger partial charge in [-0.15, -0.1) is 0 Å². The molecule has 1 aromatic rings. The molecule has 10 heteroatoms. The normalized spacial score (nSPS) is 23.1. The van der Waals surface area contributed by atoms with Crippen molar-refractivity contribution in [1.29, 1.82) is 0 Å². The molecule has 1 amide bonds. The number of amides is 1. The number of halogens is 1. The van der Waals surface area contributed by atoms with E-state index in [4.69, 9.17) is 5.11 Å². The van der Waals surface area contributed by atoms with E-state index in [2.05, 4.69) is 4.99 Å². The van der Waals surface area contributed by atoms with Crippen LogP contribution in [0.4, 0.5) is 9.18 Å². The van der Waals surface area contributed by atoms with Gasteiger partial charge in [0, 0.05) is 18.2 Å². The molecular weight excluding hydrogens is 329 g/mol. The van der Waals surface area contributed by atoms with Gasteiger partial charge < -0.3 is 5.11 Å². The van der Waals surface area contributed by atoms with E-state index in [0.29, 0.717) is 10.6 Å². The van der Waals surface area contributed by atoms with Crippen LogP contribution in [0.15, 0.2) is 23.2 Å². The predicted octanol–water partition coefficient (Wildman–Crippen LogP) is 0.752. The summed E-state index contributed by atoms with van der Waals surface area (Å²) >= 11 is 0.